The van der Waals surface area contributed by atoms with Gasteiger partial charge in [-0.3, -0.25) is 0 Å². The van der Waals surface area contributed by atoms with Crippen molar-refractivity contribution in [2.75, 3.05) is 52.9 Å². The summed E-state index contributed by atoms with van der Waals surface area (Å²) >= 11 is 2.19. The number of hydrogen-bond acceptors (Lipinski definition) is 14. The molecule has 460 valence electrons. The number of benzene rings is 7. The Morgan fingerprint density at radius 1 is 0.287 bits per heavy atom. The molecule has 15 heteroatoms. The summed E-state index contributed by atoms with van der Waals surface area (Å²) in [6, 6.07) is 45.7. The Kier molecular flexibility index (Phi) is 23.0. The molecule has 0 N–H and O–H groups in total. The molecule has 0 aliphatic carbocycles. The predicted molar refractivity (Wildman–Crippen MR) is 344 cm³/mol. The van der Waals surface area contributed by atoms with E-state index < -0.39 is 23.9 Å². The fourth-order valence-corrected chi connectivity index (χ4v) is 9.57. The predicted octanol–water partition coefficient (Wildman–Crippen LogP) is 15.6. The molecule has 0 atom stereocenters. The summed E-state index contributed by atoms with van der Waals surface area (Å²) in [5, 5.41) is 0. The van der Waals surface area contributed by atoms with Gasteiger partial charge in [0.25, 0.3) is 0 Å². The van der Waals surface area contributed by atoms with Crippen molar-refractivity contribution in [1.29, 1.82) is 0 Å². The average molecular weight is 1300 g/mol. The Bertz CT molecular complexity index is 3000. The summed E-state index contributed by atoms with van der Waals surface area (Å²) in [4.78, 5) is 54.4. The molecule has 0 radical (unpaired) electrons. The SMILES string of the molecule is CC(C)(C)c1ccc(OCCOC(=O)c2cc(OCc3cc(I)cc(COc4cc(C(=O)OCCOc5ccc(C(C)(C)C)cc5)cc(C(=O)OCCOc5ccc(C(C)(C)C)cc5)c4)c3)cc(C(=O)OCCOc3ccc(C(C)(C)C)cc3)c2)cc1. The number of ether oxygens (including phenoxy) is 10. The van der Waals surface area contributed by atoms with Gasteiger partial charge in [0.05, 0.1) is 22.3 Å². The highest BCUT2D eigenvalue weighted by atomic mass is 127. The third kappa shape index (κ3) is 21.1. The van der Waals surface area contributed by atoms with E-state index in [0.29, 0.717) is 23.0 Å². The van der Waals surface area contributed by atoms with Gasteiger partial charge in [-0.05, 0) is 181 Å². The highest BCUT2D eigenvalue weighted by molar-refractivity contribution is 14.1. The second-order valence-electron chi connectivity index (χ2n) is 25.1. The summed E-state index contributed by atoms with van der Waals surface area (Å²) in [6.07, 6.45) is 0. The van der Waals surface area contributed by atoms with Crippen LogP contribution in [0.15, 0.2) is 152 Å². The van der Waals surface area contributed by atoms with Crippen molar-refractivity contribution in [3.63, 3.8) is 0 Å². The first kappa shape index (κ1) is 66.5. The summed E-state index contributed by atoms with van der Waals surface area (Å²) in [5.41, 5.74) is 6.35. The third-order valence-electron chi connectivity index (χ3n) is 13.8. The Morgan fingerprint density at radius 2 is 0.517 bits per heavy atom. The van der Waals surface area contributed by atoms with Crippen LogP contribution in [0, 0.1) is 3.57 Å². The van der Waals surface area contributed by atoms with Gasteiger partial charge in [-0.2, -0.15) is 0 Å². The standard InChI is InChI=1S/C72H81IO14/c1-69(2,3)54-13-21-59(22-14-54)78-29-33-82-65(74)50-40-51(66(75)83-34-30-79-60-23-15-55(16-24-60)70(4,5)6)43-63(42-50)86-46-48-37-49(39-58(73)38-48)47-87-64-44-52(67(76)84-35-31-80-61-25-17-56(18-26-61)71(7,8)9)41-53(45-64)68(77)85-36-32-81-62-27-19-57(20-28-62)72(10,11)12/h13-28,37-45H,29-36,46-47H2,1-12H3. The maximum Gasteiger partial charge on any atom is 0.338 e. The minimum atomic E-state index is -0.690. The van der Waals surface area contributed by atoms with Gasteiger partial charge in [-0.15, -0.1) is 0 Å². The van der Waals surface area contributed by atoms with Crippen LogP contribution in [0.3, 0.4) is 0 Å². The van der Waals surface area contributed by atoms with Crippen molar-refractivity contribution in [3.8, 4) is 34.5 Å². The lowest BCUT2D eigenvalue weighted by Gasteiger charge is -2.19. The van der Waals surface area contributed by atoms with Gasteiger partial charge in [0.2, 0.25) is 0 Å². The van der Waals surface area contributed by atoms with Crippen LogP contribution in [0.4, 0.5) is 0 Å². The molecule has 0 unspecified atom stereocenters. The molecule has 0 amide bonds. The molecule has 7 rings (SSSR count). The zero-order valence-electron chi connectivity index (χ0n) is 52.1. The second kappa shape index (κ2) is 30.0. The van der Waals surface area contributed by atoms with E-state index in [1.165, 1.54) is 36.4 Å². The van der Waals surface area contributed by atoms with Crippen LogP contribution in [-0.2, 0) is 53.8 Å². The van der Waals surface area contributed by atoms with Crippen LogP contribution in [0.25, 0.3) is 0 Å². The molecule has 7 aromatic rings. The monoisotopic (exact) mass is 1300 g/mol. The first-order valence-corrected chi connectivity index (χ1v) is 30.2. The molecular weight excluding hydrogens is 1220 g/mol. The largest absolute Gasteiger partial charge is 0.490 e. The van der Waals surface area contributed by atoms with Crippen molar-refractivity contribution < 1.29 is 66.5 Å². The molecule has 0 aliphatic heterocycles. The van der Waals surface area contributed by atoms with E-state index in [9.17, 15) is 19.2 Å². The van der Waals surface area contributed by atoms with Crippen molar-refractivity contribution in [3.05, 3.63) is 211 Å². The fourth-order valence-electron chi connectivity index (χ4n) is 8.77. The van der Waals surface area contributed by atoms with Crippen LogP contribution in [0.5, 0.6) is 34.5 Å². The molecule has 0 spiro atoms. The first-order valence-electron chi connectivity index (χ1n) is 29.1. The maximum atomic E-state index is 13.6. The van der Waals surface area contributed by atoms with Crippen LogP contribution in [0.2, 0.25) is 0 Å². The molecular formula is C72H81IO14. The van der Waals surface area contributed by atoms with E-state index in [4.69, 9.17) is 47.4 Å². The van der Waals surface area contributed by atoms with E-state index in [-0.39, 0.29) is 121 Å². The molecule has 14 nitrogen and oxygen atoms in total. The minimum absolute atomic E-state index is 0.0130. The van der Waals surface area contributed by atoms with E-state index >= 15 is 0 Å². The van der Waals surface area contributed by atoms with Crippen molar-refractivity contribution in [2.24, 2.45) is 0 Å². The maximum absolute atomic E-state index is 13.6. The van der Waals surface area contributed by atoms with Gasteiger partial charge < -0.3 is 47.4 Å². The fraction of sp³-hybridized carbons (Fsp3) is 0.361. The first-order chi connectivity index (χ1) is 41.2. The number of hydrogen-bond donors (Lipinski definition) is 0. The molecule has 0 bridgehead atoms. The molecule has 87 heavy (non-hydrogen) atoms. The number of esters is 4. The molecule has 0 fully saturated rings. The molecule has 0 aromatic heterocycles. The zero-order chi connectivity index (χ0) is 62.9. The number of carbonyl (C=O) groups excluding carboxylic acids is 4. The van der Waals surface area contributed by atoms with Crippen molar-refractivity contribution >= 4 is 46.5 Å². The van der Waals surface area contributed by atoms with Crippen LogP contribution in [-0.4, -0.2) is 76.7 Å². The van der Waals surface area contributed by atoms with Gasteiger partial charge in [-0.1, -0.05) is 132 Å². The molecule has 7 aromatic carbocycles. The van der Waals surface area contributed by atoms with Gasteiger partial charge in [0.15, 0.2) is 0 Å². The van der Waals surface area contributed by atoms with Crippen LogP contribution in [0.1, 0.15) is 158 Å². The van der Waals surface area contributed by atoms with E-state index in [0.717, 1.165) is 37.0 Å². The Balaban J connectivity index is 1.02. The average Bonchev–Trinajstić information content (AvgIpc) is 3.29. The Labute approximate surface area is 526 Å². The van der Waals surface area contributed by atoms with E-state index in [2.05, 4.69) is 106 Å². The summed E-state index contributed by atoms with van der Waals surface area (Å²) in [7, 11) is 0. The van der Waals surface area contributed by atoms with E-state index in [1.54, 1.807) is 0 Å². The van der Waals surface area contributed by atoms with Crippen molar-refractivity contribution in [2.45, 2.75) is 118 Å². The number of halogens is 1. The van der Waals surface area contributed by atoms with Gasteiger partial charge >= 0.3 is 23.9 Å². The lowest BCUT2D eigenvalue weighted by Crippen LogP contribution is -2.15. The summed E-state index contributed by atoms with van der Waals surface area (Å²) in [6.45, 7) is 25.8. The summed E-state index contributed by atoms with van der Waals surface area (Å²) < 4.78 is 59.4. The molecule has 0 aliphatic rings. The van der Waals surface area contributed by atoms with Crippen molar-refractivity contribution in [1.82, 2.24) is 0 Å². The second-order valence-corrected chi connectivity index (χ2v) is 26.3. The highest BCUT2D eigenvalue weighted by Crippen LogP contribution is 2.30. The summed E-state index contributed by atoms with van der Waals surface area (Å²) in [5.74, 6) is 0.225. The third-order valence-corrected chi connectivity index (χ3v) is 14.4. The molecule has 0 saturated heterocycles. The van der Waals surface area contributed by atoms with Gasteiger partial charge in [0.1, 0.15) is 101 Å². The van der Waals surface area contributed by atoms with Crippen LogP contribution < -0.4 is 28.4 Å². The highest BCUT2D eigenvalue weighted by Gasteiger charge is 2.21. The zero-order valence-corrected chi connectivity index (χ0v) is 54.3. The lowest BCUT2D eigenvalue weighted by molar-refractivity contribution is 0.0431. The van der Waals surface area contributed by atoms with E-state index in [1.807, 2.05) is 115 Å². The minimum Gasteiger partial charge on any atom is -0.490 e. The number of carbonyl (C=O) groups is 4. The molecule has 0 saturated carbocycles. The van der Waals surface area contributed by atoms with Crippen LogP contribution >= 0.6 is 22.6 Å². The van der Waals surface area contributed by atoms with Gasteiger partial charge in [-0.25, -0.2) is 19.2 Å². The smallest absolute Gasteiger partial charge is 0.338 e. The Hall–Kier alpha value is -8.05. The molecule has 0 heterocycles. The quantitative estimate of drug-likeness (QED) is 0.0218. The lowest BCUT2D eigenvalue weighted by atomic mass is 9.87. The Morgan fingerprint density at radius 3 is 0.736 bits per heavy atom. The normalized spacial score (nSPS) is 11.7. The number of rotatable bonds is 26. The van der Waals surface area contributed by atoms with Gasteiger partial charge in [0, 0.05) is 3.57 Å². The topological polar surface area (TPSA) is 161 Å².